The average Bonchev–Trinajstić information content (AvgIpc) is 2.71. The first-order chi connectivity index (χ1) is 13.4. The van der Waals surface area contributed by atoms with Crippen molar-refractivity contribution in [3.8, 4) is 0 Å². The molecule has 0 fully saturated rings. The molecule has 0 amide bonds. The average molecular weight is 472 g/mol. The Hall–Kier alpha value is -0.760. The molecule has 0 spiro atoms. The maximum Gasteiger partial charge on any atom is 0.303 e. The maximum absolute atomic E-state index is 11.0. The highest BCUT2D eigenvalue weighted by Crippen LogP contribution is 2.29. The number of anilines is 1. The lowest BCUT2D eigenvalue weighted by atomic mass is 9.90. The summed E-state index contributed by atoms with van der Waals surface area (Å²) in [5.41, 5.74) is 1.64. The molecule has 0 bridgehead atoms. The number of aliphatic carboxylic acids is 1. The van der Waals surface area contributed by atoms with Crippen molar-refractivity contribution in [1.29, 1.82) is 0 Å². The second-order valence-electron chi connectivity index (χ2n) is 6.71. The van der Waals surface area contributed by atoms with Gasteiger partial charge in [-0.25, -0.2) is 0 Å². The van der Waals surface area contributed by atoms with Gasteiger partial charge in [-0.1, -0.05) is 26.0 Å². The minimum atomic E-state index is -1.06. The molecule has 0 aliphatic carbocycles. The number of rotatable bonds is 14. The van der Waals surface area contributed by atoms with E-state index >= 15 is 0 Å². The summed E-state index contributed by atoms with van der Waals surface area (Å²) < 4.78 is 0. The fraction of sp³-hybridized carbons (Fsp3) is 0.650. The zero-order chi connectivity index (χ0) is 21.1. The number of carboxylic acid groups (broad SMARTS) is 1. The summed E-state index contributed by atoms with van der Waals surface area (Å²) in [5.74, 6) is -0.817. The van der Waals surface area contributed by atoms with E-state index in [4.69, 9.17) is 28.3 Å². The lowest BCUT2D eigenvalue weighted by Gasteiger charge is -2.32. The Morgan fingerprint density at radius 1 is 1.00 bits per heavy atom. The number of alkyl halides is 2. The number of aliphatic hydroxyl groups is 2. The standard InChI is InChI=1S/C20H32Cl2N2O4.ClH/c1-3-23(4-2)12-11-16(7-10-20(27)28)15-5-8-17(9-6-15)24(18(25)13-21)19(26)14-22;/h5-6,8-9,16,18-19,25-26H,3-4,7,10-14H2,1-2H3,(H,27,28);1H. The molecule has 0 aliphatic heterocycles. The highest BCUT2D eigenvalue weighted by atomic mass is 35.5. The van der Waals surface area contributed by atoms with Gasteiger partial charge < -0.3 is 25.1 Å². The number of benzene rings is 1. The van der Waals surface area contributed by atoms with Crippen LogP contribution in [0.2, 0.25) is 0 Å². The van der Waals surface area contributed by atoms with Crippen LogP contribution in [-0.2, 0) is 4.79 Å². The molecule has 9 heteroatoms. The fourth-order valence-electron chi connectivity index (χ4n) is 3.26. The summed E-state index contributed by atoms with van der Waals surface area (Å²) in [4.78, 5) is 14.7. The topological polar surface area (TPSA) is 84.2 Å². The molecular weight excluding hydrogens is 439 g/mol. The summed E-state index contributed by atoms with van der Waals surface area (Å²) in [6, 6.07) is 7.43. The third-order valence-corrected chi connectivity index (χ3v) is 5.53. The maximum atomic E-state index is 11.0. The Morgan fingerprint density at radius 2 is 1.52 bits per heavy atom. The van der Waals surface area contributed by atoms with Gasteiger partial charge in [0.2, 0.25) is 0 Å². The third kappa shape index (κ3) is 9.28. The van der Waals surface area contributed by atoms with Gasteiger partial charge in [-0.2, -0.15) is 0 Å². The minimum absolute atomic E-state index is 0. The molecule has 3 atom stereocenters. The van der Waals surface area contributed by atoms with E-state index in [1.807, 2.05) is 12.1 Å². The van der Waals surface area contributed by atoms with Crippen LogP contribution in [0.3, 0.4) is 0 Å². The fourth-order valence-corrected chi connectivity index (χ4v) is 3.56. The molecule has 0 radical (unpaired) electrons. The number of carboxylic acids is 1. The smallest absolute Gasteiger partial charge is 0.303 e. The molecule has 6 nitrogen and oxygen atoms in total. The molecule has 0 saturated heterocycles. The minimum Gasteiger partial charge on any atom is -0.481 e. The molecule has 1 aromatic carbocycles. The Labute approximate surface area is 189 Å². The monoisotopic (exact) mass is 470 g/mol. The lowest BCUT2D eigenvalue weighted by Crippen LogP contribution is -2.45. The van der Waals surface area contributed by atoms with Gasteiger partial charge in [0.25, 0.3) is 0 Å². The number of hydrogen-bond acceptors (Lipinski definition) is 5. The van der Waals surface area contributed by atoms with Gasteiger partial charge in [-0.3, -0.25) is 4.79 Å². The molecule has 3 unspecified atom stereocenters. The van der Waals surface area contributed by atoms with E-state index in [0.29, 0.717) is 12.1 Å². The molecule has 168 valence electrons. The SMILES string of the molecule is CCN(CC)CCC(CCC(=O)O)c1ccc(N(C(O)CCl)C(O)CCl)cc1.Cl. The Bertz CT molecular complexity index is 563. The third-order valence-electron chi connectivity index (χ3n) is 4.98. The predicted molar refractivity (Wildman–Crippen MR) is 122 cm³/mol. The Balaban J connectivity index is 0.00000784. The summed E-state index contributed by atoms with van der Waals surface area (Å²) in [6.45, 7) is 7.06. The van der Waals surface area contributed by atoms with Crippen LogP contribution in [0.15, 0.2) is 24.3 Å². The molecule has 3 N–H and O–H groups in total. The summed E-state index contributed by atoms with van der Waals surface area (Å²) in [7, 11) is 0. The van der Waals surface area contributed by atoms with Crippen LogP contribution < -0.4 is 4.90 Å². The van der Waals surface area contributed by atoms with E-state index < -0.39 is 18.4 Å². The van der Waals surface area contributed by atoms with E-state index in [9.17, 15) is 15.0 Å². The first-order valence-corrected chi connectivity index (χ1v) is 10.7. The molecule has 0 heterocycles. The van der Waals surface area contributed by atoms with Crippen molar-refractivity contribution in [3.63, 3.8) is 0 Å². The first kappa shape index (κ1) is 28.2. The van der Waals surface area contributed by atoms with Crippen LogP contribution in [0.25, 0.3) is 0 Å². The Morgan fingerprint density at radius 3 is 1.93 bits per heavy atom. The van der Waals surface area contributed by atoms with Crippen molar-refractivity contribution in [3.05, 3.63) is 29.8 Å². The van der Waals surface area contributed by atoms with Crippen LogP contribution in [-0.4, -0.2) is 70.0 Å². The van der Waals surface area contributed by atoms with Crippen LogP contribution in [0.5, 0.6) is 0 Å². The Kier molecular flexibility index (Phi) is 14.7. The van der Waals surface area contributed by atoms with Gasteiger partial charge in [-0.15, -0.1) is 35.6 Å². The van der Waals surface area contributed by atoms with Gasteiger partial charge in [-0.05, 0) is 56.1 Å². The first-order valence-electron chi connectivity index (χ1n) is 9.68. The highest BCUT2D eigenvalue weighted by Gasteiger charge is 2.23. The number of halogens is 3. The molecule has 0 aromatic heterocycles. The van der Waals surface area contributed by atoms with Gasteiger partial charge in [0, 0.05) is 12.1 Å². The van der Waals surface area contributed by atoms with Crippen LogP contribution >= 0.6 is 35.6 Å². The van der Waals surface area contributed by atoms with E-state index in [0.717, 1.165) is 31.6 Å². The normalized spacial score (nSPS) is 14.2. The quantitative estimate of drug-likeness (QED) is 0.283. The van der Waals surface area contributed by atoms with Crippen LogP contribution in [0.4, 0.5) is 5.69 Å². The summed E-state index contributed by atoms with van der Waals surface area (Å²) in [5, 5.41) is 29.3. The number of nitrogens with zero attached hydrogens (tertiary/aromatic N) is 2. The molecule has 0 aliphatic rings. The van der Waals surface area contributed by atoms with E-state index in [1.165, 1.54) is 4.90 Å². The van der Waals surface area contributed by atoms with Gasteiger partial charge in [0.15, 0.2) is 0 Å². The zero-order valence-electron chi connectivity index (χ0n) is 17.0. The van der Waals surface area contributed by atoms with E-state index in [2.05, 4.69) is 18.7 Å². The largest absolute Gasteiger partial charge is 0.481 e. The summed E-state index contributed by atoms with van der Waals surface area (Å²) in [6.07, 6.45) is -0.577. The summed E-state index contributed by atoms with van der Waals surface area (Å²) >= 11 is 11.5. The molecule has 0 saturated carbocycles. The molecule has 1 rings (SSSR count). The number of hydrogen-bond donors (Lipinski definition) is 3. The van der Waals surface area contributed by atoms with Crippen molar-refractivity contribution < 1.29 is 20.1 Å². The highest BCUT2D eigenvalue weighted by molar-refractivity contribution is 6.19. The second kappa shape index (κ2) is 15.1. The lowest BCUT2D eigenvalue weighted by molar-refractivity contribution is -0.137. The van der Waals surface area contributed by atoms with Crippen LogP contribution in [0.1, 0.15) is 44.6 Å². The van der Waals surface area contributed by atoms with Crippen molar-refractivity contribution >= 4 is 47.3 Å². The van der Waals surface area contributed by atoms with Gasteiger partial charge in [0.05, 0.1) is 11.8 Å². The zero-order valence-corrected chi connectivity index (χ0v) is 19.3. The molecule has 29 heavy (non-hydrogen) atoms. The van der Waals surface area contributed by atoms with Crippen LogP contribution in [0, 0.1) is 0 Å². The van der Waals surface area contributed by atoms with Crippen molar-refractivity contribution in [2.45, 2.75) is 51.5 Å². The van der Waals surface area contributed by atoms with Crippen molar-refractivity contribution in [2.75, 3.05) is 36.3 Å². The van der Waals surface area contributed by atoms with Gasteiger partial charge in [0.1, 0.15) is 12.5 Å². The molecular formula is C20H33Cl3N2O4. The number of aliphatic hydroxyl groups excluding tert-OH is 2. The predicted octanol–water partition coefficient (Wildman–Crippen LogP) is 3.71. The van der Waals surface area contributed by atoms with E-state index in [1.54, 1.807) is 12.1 Å². The second-order valence-corrected chi connectivity index (χ2v) is 7.33. The number of carbonyl (C=O) groups is 1. The molecule has 1 aromatic rings. The van der Waals surface area contributed by atoms with Crippen molar-refractivity contribution in [2.24, 2.45) is 0 Å². The van der Waals surface area contributed by atoms with Gasteiger partial charge >= 0.3 is 5.97 Å². The van der Waals surface area contributed by atoms with Crippen molar-refractivity contribution in [1.82, 2.24) is 4.90 Å². The van der Waals surface area contributed by atoms with E-state index in [-0.39, 0.29) is 36.5 Å².